The Bertz CT molecular complexity index is 704. The van der Waals surface area contributed by atoms with Crippen molar-refractivity contribution in [2.75, 3.05) is 20.2 Å². The number of nitrogens with zero attached hydrogens (tertiary/aromatic N) is 1. The Morgan fingerprint density at radius 1 is 1.10 bits per heavy atom. The summed E-state index contributed by atoms with van der Waals surface area (Å²) in [7, 11) is 1.80. The van der Waals surface area contributed by atoms with Gasteiger partial charge in [-0.05, 0) is 62.1 Å². The van der Waals surface area contributed by atoms with Gasteiger partial charge in [0.05, 0.1) is 6.61 Å². The number of benzene rings is 1. The number of carbonyl (C=O) groups excluding carboxylic acids is 1. The summed E-state index contributed by atoms with van der Waals surface area (Å²) in [6.07, 6.45) is 7.27. The predicted octanol–water partition coefficient (Wildman–Crippen LogP) is 3.88. The van der Waals surface area contributed by atoms with Crippen molar-refractivity contribution in [3.63, 3.8) is 0 Å². The topological polar surface area (TPSA) is 74.8 Å². The first-order valence-corrected chi connectivity index (χ1v) is 11.5. The van der Waals surface area contributed by atoms with E-state index in [1.54, 1.807) is 7.05 Å². The average molecular weight is 543 g/mol. The van der Waals surface area contributed by atoms with Crippen molar-refractivity contribution in [3.05, 3.63) is 29.8 Å². The van der Waals surface area contributed by atoms with E-state index in [1.165, 1.54) is 5.56 Å². The number of carbonyl (C=O) groups is 1. The number of guanidine groups is 1. The van der Waals surface area contributed by atoms with Gasteiger partial charge in [-0.1, -0.05) is 32.4 Å². The molecule has 0 radical (unpaired) electrons. The van der Waals surface area contributed by atoms with Crippen molar-refractivity contribution in [3.8, 4) is 5.75 Å². The molecule has 1 amide bonds. The zero-order valence-corrected chi connectivity index (χ0v) is 21.5. The molecular formula is C24H39IN4O2. The summed E-state index contributed by atoms with van der Waals surface area (Å²) in [5, 5.41) is 10.1. The zero-order chi connectivity index (χ0) is 21.3. The van der Waals surface area contributed by atoms with E-state index in [0.717, 1.165) is 69.8 Å². The molecule has 2 fully saturated rings. The summed E-state index contributed by atoms with van der Waals surface area (Å²) in [5.74, 6) is 2.65. The molecule has 1 aromatic rings. The molecule has 174 valence electrons. The van der Waals surface area contributed by atoms with Crippen LogP contribution in [-0.4, -0.2) is 44.1 Å². The highest BCUT2D eigenvalue weighted by Crippen LogP contribution is 2.26. The van der Waals surface area contributed by atoms with E-state index < -0.39 is 0 Å². The van der Waals surface area contributed by atoms with Crippen LogP contribution < -0.4 is 20.7 Å². The number of nitrogens with one attached hydrogen (secondary N) is 3. The molecule has 2 saturated carbocycles. The molecule has 0 saturated heterocycles. The maximum Gasteiger partial charge on any atom is 0.223 e. The van der Waals surface area contributed by atoms with Crippen molar-refractivity contribution in [2.45, 2.75) is 70.9 Å². The molecule has 3 N–H and O–H groups in total. The van der Waals surface area contributed by atoms with Gasteiger partial charge in [0.25, 0.3) is 0 Å². The number of hydrogen-bond donors (Lipinski definition) is 3. The Kier molecular flexibility index (Phi) is 10.9. The molecule has 2 unspecified atom stereocenters. The maximum atomic E-state index is 12.4. The van der Waals surface area contributed by atoms with Gasteiger partial charge in [-0.3, -0.25) is 9.79 Å². The van der Waals surface area contributed by atoms with Gasteiger partial charge in [0.2, 0.25) is 5.91 Å². The number of hydrogen-bond acceptors (Lipinski definition) is 3. The molecule has 0 heterocycles. The molecule has 0 aromatic heterocycles. The van der Waals surface area contributed by atoms with Crippen molar-refractivity contribution >= 4 is 35.8 Å². The fraction of sp³-hybridized carbons (Fsp3) is 0.667. The normalized spacial score (nSPS) is 21.2. The lowest BCUT2D eigenvalue weighted by atomic mass is 9.85. The van der Waals surface area contributed by atoms with Crippen LogP contribution >= 0.6 is 24.0 Å². The minimum atomic E-state index is 0. The summed E-state index contributed by atoms with van der Waals surface area (Å²) in [5.41, 5.74) is 1.27. The Labute approximate surface area is 204 Å². The van der Waals surface area contributed by atoms with Crippen molar-refractivity contribution in [1.29, 1.82) is 0 Å². The van der Waals surface area contributed by atoms with Crippen LogP contribution in [-0.2, 0) is 11.2 Å². The summed E-state index contributed by atoms with van der Waals surface area (Å²) in [6.45, 7) is 5.85. The largest absolute Gasteiger partial charge is 0.493 e. The molecule has 3 rings (SSSR count). The van der Waals surface area contributed by atoms with Crippen LogP contribution in [0.5, 0.6) is 5.75 Å². The molecule has 6 nitrogen and oxygen atoms in total. The number of halogens is 1. The predicted molar refractivity (Wildman–Crippen MR) is 137 cm³/mol. The van der Waals surface area contributed by atoms with E-state index in [-0.39, 0.29) is 35.8 Å². The van der Waals surface area contributed by atoms with Gasteiger partial charge in [-0.15, -0.1) is 24.0 Å². The second-order valence-electron chi connectivity index (χ2n) is 9.09. The highest BCUT2D eigenvalue weighted by molar-refractivity contribution is 14.0. The van der Waals surface area contributed by atoms with Gasteiger partial charge < -0.3 is 20.7 Å². The van der Waals surface area contributed by atoms with Gasteiger partial charge in [-0.25, -0.2) is 0 Å². The molecule has 1 aromatic carbocycles. The van der Waals surface area contributed by atoms with Crippen LogP contribution in [0.15, 0.2) is 29.3 Å². The lowest BCUT2D eigenvalue weighted by Crippen LogP contribution is -2.47. The highest BCUT2D eigenvalue weighted by Gasteiger charge is 2.31. The number of ether oxygens (including phenoxy) is 1. The Morgan fingerprint density at radius 3 is 2.48 bits per heavy atom. The molecule has 0 aliphatic heterocycles. The smallest absolute Gasteiger partial charge is 0.223 e. The van der Waals surface area contributed by atoms with Crippen LogP contribution in [0, 0.1) is 11.8 Å². The molecule has 2 aliphatic rings. The van der Waals surface area contributed by atoms with Gasteiger partial charge in [0.15, 0.2) is 5.96 Å². The molecule has 0 spiro atoms. The molecule has 0 bridgehead atoms. The monoisotopic (exact) mass is 542 g/mol. The molecule has 7 heteroatoms. The highest BCUT2D eigenvalue weighted by atomic mass is 127. The number of amides is 1. The third-order valence-electron chi connectivity index (χ3n) is 5.75. The lowest BCUT2D eigenvalue weighted by Gasteiger charge is -2.30. The van der Waals surface area contributed by atoms with E-state index in [4.69, 9.17) is 4.74 Å². The van der Waals surface area contributed by atoms with Gasteiger partial charge in [-0.2, -0.15) is 0 Å². The fourth-order valence-electron chi connectivity index (χ4n) is 3.83. The van der Waals surface area contributed by atoms with E-state index in [2.05, 4.69) is 46.9 Å². The summed E-state index contributed by atoms with van der Waals surface area (Å²) < 4.78 is 5.74. The van der Waals surface area contributed by atoms with E-state index >= 15 is 0 Å². The summed E-state index contributed by atoms with van der Waals surface area (Å²) in [4.78, 5) is 16.8. The van der Waals surface area contributed by atoms with Crippen LogP contribution in [0.3, 0.4) is 0 Å². The first-order chi connectivity index (χ1) is 14.5. The van der Waals surface area contributed by atoms with Gasteiger partial charge in [0, 0.05) is 31.6 Å². The number of rotatable bonds is 9. The standard InChI is InChI=1S/C24H38N4O2.HI/c1-17(2)16-30-22-11-7-18(8-12-22)13-14-26-24(25-3)28-21-6-4-5-19(15-21)23(29)27-20-9-10-20;/h7-8,11-12,17,19-21H,4-6,9-10,13-16H2,1-3H3,(H,27,29)(H2,25,26,28);1H. The third-order valence-corrected chi connectivity index (χ3v) is 5.75. The fourth-order valence-corrected chi connectivity index (χ4v) is 3.83. The van der Waals surface area contributed by atoms with E-state index in [1.807, 2.05) is 12.1 Å². The second-order valence-corrected chi connectivity index (χ2v) is 9.09. The minimum Gasteiger partial charge on any atom is -0.493 e. The summed E-state index contributed by atoms with van der Waals surface area (Å²) in [6, 6.07) is 9.07. The molecule has 31 heavy (non-hydrogen) atoms. The third kappa shape index (κ3) is 9.25. The van der Waals surface area contributed by atoms with Crippen LogP contribution in [0.2, 0.25) is 0 Å². The SMILES string of the molecule is CN=C(NCCc1ccc(OCC(C)C)cc1)NC1CCCC(C(=O)NC2CC2)C1.I. The maximum absolute atomic E-state index is 12.4. The lowest BCUT2D eigenvalue weighted by molar-refractivity contribution is -0.126. The van der Waals surface area contributed by atoms with Crippen molar-refractivity contribution in [2.24, 2.45) is 16.8 Å². The van der Waals surface area contributed by atoms with Crippen LogP contribution in [0.4, 0.5) is 0 Å². The minimum absolute atomic E-state index is 0. The van der Waals surface area contributed by atoms with E-state index in [9.17, 15) is 4.79 Å². The molecule has 2 aliphatic carbocycles. The Morgan fingerprint density at radius 2 is 1.84 bits per heavy atom. The first kappa shape index (κ1) is 25.7. The van der Waals surface area contributed by atoms with Crippen molar-refractivity contribution in [1.82, 2.24) is 16.0 Å². The van der Waals surface area contributed by atoms with Crippen molar-refractivity contribution < 1.29 is 9.53 Å². The van der Waals surface area contributed by atoms with Gasteiger partial charge in [0.1, 0.15) is 5.75 Å². The summed E-state index contributed by atoms with van der Waals surface area (Å²) >= 11 is 0. The van der Waals surface area contributed by atoms with Crippen LogP contribution in [0.25, 0.3) is 0 Å². The first-order valence-electron chi connectivity index (χ1n) is 11.5. The zero-order valence-electron chi connectivity index (χ0n) is 19.2. The Balaban J connectivity index is 0.00000341. The number of aliphatic imine (C=N–C) groups is 1. The molecule has 2 atom stereocenters. The average Bonchev–Trinajstić information content (AvgIpc) is 3.56. The van der Waals surface area contributed by atoms with Gasteiger partial charge >= 0.3 is 0 Å². The Hall–Kier alpha value is -1.51. The van der Waals surface area contributed by atoms with Crippen LogP contribution in [0.1, 0.15) is 57.9 Å². The second kappa shape index (κ2) is 13.1. The van der Waals surface area contributed by atoms with E-state index in [0.29, 0.717) is 18.0 Å². The quantitative estimate of drug-likeness (QED) is 0.252. The molecular weight excluding hydrogens is 503 g/mol.